The van der Waals surface area contributed by atoms with Gasteiger partial charge in [0.05, 0.1) is 12.0 Å². The molecule has 0 saturated heterocycles. The molecule has 0 radical (unpaired) electrons. The van der Waals surface area contributed by atoms with Gasteiger partial charge < -0.3 is 10.2 Å². The van der Waals surface area contributed by atoms with Crippen LogP contribution in [0.25, 0.3) is 0 Å². The summed E-state index contributed by atoms with van der Waals surface area (Å²) in [4.78, 5) is 0. The largest absolute Gasteiger partial charge is 0.468 e. The third-order valence-corrected chi connectivity index (χ3v) is 1.69. The van der Waals surface area contributed by atoms with Crippen LogP contribution in [0.2, 0.25) is 0 Å². The maximum Gasteiger partial charge on any atom is 0.151 e. The van der Waals surface area contributed by atoms with Crippen LogP contribution >= 0.6 is 28.7 Å². The minimum Gasteiger partial charge on any atom is -0.468 e. The van der Waals surface area contributed by atoms with Gasteiger partial charge in [0.15, 0.2) is 5.17 Å². The van der Waals surface area contributed by atoms with Crippen molar-refractivity contribution in [1.82, 2.24) is 0 Å². The van der Waals surface area contributed by atoms with Crippen LogP contribution in [0.3, 0.4) is 0 Å². The van der Waals surface area contributed by atoms with Gasteiger partial charge in [0, 0.05) is 0 Å². The predicted molar refractivity (Wildman–Crippen MR) is 52.2 cm³/mol. The molecule has 0 saturated carbocycles. The van der Waals surface area contributed by atoms with Crippen LogP contribution in [-0.2, 0) is 5.75 Å². The number of furan rings is 1. The van der Waals surface area contributed by atoms with Crippen LogP contribution in [0.5, 0.6) is 0 Å². The first-order chi connectivity index (χ1) is 4.79. The van der Waals surface area contributed by atoms with Crippen LogP contribution < -0.4 is 5.73 Å². The maximum absolute atomic E-state index is 6.90. The molecule has 1 heterocycles. The van der Waals surface area contributed by atoms with Gasteiger partial charge >= 0.3 is 0 Å². The lowest BCUT2D eigenvalue weighted by Crippen LogP contribution is -2.03. The Labute approximate surface area is 79.6 Å². The third kappa shape index (κ3) is 4.10. The smallest absolute Gasteiger partial charge is 0.151 e. The third-order valence-electron chi connectivity index (χ3n) is 0.950. The van der Waals surface area contributed by atoms with Crippen LogP contribution in [0, 0.1) is 5.41 Å². The molecule has 1 rings (SSSR count). The first kappa shape index (κ1) is 10.6. The molecule has 0 amide bonds. The van der Waals surface area contributed by atoms with Crippen molar-refractivity contribution in [2.24, 2.45) is 5.73 Å². The Bertz CT molecular complexity index is 212. The van der Waals surface area contributed by atoms with Crippen molar-refractivity contribution >= 4 is 33.9 Å². The van der Waals surface area contributed by atoms with Gasteiger partial charge in [-0.25, -0.2) is 0 Å². The second-order valence-corrected chi connectivity index (χ2v) is 2.75. The molecule has 0 spiro atoms. The molecule has 0 fully saturated rings. The number of thioether (sulfide) groups is 1. The number of nitrogens with one attached hydrogen (secondary N) is 1. The van der Waals surface area contributed by atoms with E-state index < -0.39 is 0 Å². The lowest BCUT2D eigenvalue weighted by molar-refractivity contribution is 0.530. The zero-order valence-corrected chi connectivity index (χ0v) is 8.27. The Morgan fingerprint density at radius 1 is 1.73 bits per heavy atom. The van der Waals surface area contributed by atoms with E-state index in [0.29, 0.717) is 5.75 Å². The highest BCUT2D eigenvalue weighted by molar-refractivity contribution is 8.93. The van der Waals surface area contributed by atoms with Gasteiger partial charge in [-0.2, -0.15) is 0 Å². The van der Waals surface area contributed by atoms with Gasteiger partial charge in [-0.15, -0.1) is 17.0 Å². The molecular formula is C6H9BrN2OS. The molecule has 62 valence electrons. The predicted octanol–water partition coefficient (Wildman–Crippen LogP) is 1.98. The summed E-state index contributed by atoms with van der Waals surface area (Å²) in [6, 6.07) is 3.67. The summed E-state index contributed by atoms with van der Waals surface area (Å²) in [5.41, 5.74) is 5.11. The van der Waals surface area contributed by atoms with Gasteiger partial charge in [0.1, 0.15) is 5.76 Å². The van der Waals surface area contributed by atoms with Crippen LogP contribution in [-0.4, -0.2) is 5.17 Å². The number of hydrogen-bond acceptors (Lipinski definition) is 3. The van der Waals surface area contributed by atoms with E-state index in [9.17, 15) is 0 Å². The van der Waals surface area contributed by atoms with Gasteiger partial charge in [-0.1, -0.05) is 11.8 Å². The molecule has 0 aliphatic carbocycles. The first-order valence-electron chi connectivity index (χ1n) is 2.78. The highest BCUT2D eigenvalue weighted by atomic mass is 79.9. The molecule has 1 aromatic rings. The number of nitrogens with two attached hydrogens (primary N) is 1. The maximum atomic E-state index is 6.90. The van der Waals surface area contributed by atoms with E-state index in [-0.39, 0.29) is 22.1 Å². The second kappa shape index (κ2) is 5.26. The van der Waals surface area contributed by atoms with Crippen molar-refractivity contribution in [3.05, 3.63) is 24.2 Å². The van der Waals surface area contributed by atoms with E-state index in [1.165, 1.54) is 11.8 Å². The summed E-state index contributed by atoms with van der Waals surface area (Å²) in [6.07, 6.45) is 1.61. The molecule has 0 bridgehead atoms. The molecule has 0 aliphatic rings. The Morgan fingerprint density at radius 2 is 2.45 bits per heavy atom. The monoisotopic (exact) mass is 236 g/mol. The average molecular weight is 237 g/mol. The van der Waals surface area contributed by atoms with Crippen molar-refractivity contribution in [3.8, 4) is 0 Å². The highest BCUT2D eigenvalue weighted by Crippen LogP contribution is 2.10. The molecule has 11 heavy (non-hydrogen) atoms. The average Bonchev–Trinajstić information content (AvgIpc) is 2.34. The minimum atomic E-state index is 0. The van der Waals surface area contributed by atoms with Crippen molar-refractivity contribution in [2.75, 3.05) is 0 Å². The number of amidine groups is 1. The second-order valence-electron chi connectivity index (χ2n) is 1.73. The molecule has 0 atom stereocenters. The molecule has 1 aromatic heterocycles. The quantitative estimate of drug-likeness (QED) is 0.610. The molecule has 0 unspecified atom stereocenters. The Morgan fingerprint density at radius 3 is 2.91 bits per heavy atom. The summed E-state index contributed by atoms with van der Waals surface area (Å²) in [7, 11) is 0. The van der Waals surface area contributed by atoms with Crippen LogP contribution in [0.15, 0.2) is 22.8 Å². The topological polar surface area (TPSA) is 63.0 Å². The van der Waals surface area contributed by atoms with E-state index in [1.807, 2.05) is 12.1 Å². The highest BCUT2D eigenvalue weighted by Gasteiger charge is 1.95. The van der Waals surface area contributed by atoms with Crippen LogP contribution in [0.1, 0.15) is 5.76 Å². The SMILES string of the molecule is Br.N=C(N)SCc1ccco1. The summed E-state index contributed by atoms with van der Waals surface area (Å²) in [6.45, 7) is 0. The van der Waals surface area contributed by atoms with Gasteiger partial charge in [0.25, 0.3) is 0 Å². The van der Waals surface area contributed by atoms with Gasteiger partial charge in [-0.3, -0.25) is 5.41 Å². The Balaban J connectivity index is 0.000001000. The van der Waals surface area contributed by atoms with Crippen molar-refractivity contribution in [2.45, 2.75) is 5.75 Å². The van der Waals surface area contributed by atoms with Gasteiger partial charge in [-0.05, 0) is 12.1 Å². The fourth-order valence-corrected chi connectivity index (χ4v) is 1.01. The summed E-state index contributed by atoms with van der Waals surface area (Å²) >= 11 is 1.26. The standard InChI is InChI=1S/C6H8N2OS.BrH/c7-6(8)10-4-5-2-1-3-9-5;/h1-3H,4H2,(H3,7,8);1H. The first-order valence-corrected chi connectivity index (χ1v) is 3.77. The van der Waals surface area contributed by atoms with Gasteiger partial charge in [0.2, 0.25) is 0 Å². The van der Waals surface area contributed by atoms with E-state index >= 15 is 0 Å². The minimum absolute atomic E-state index is 0. The fraction of sp³-hybridized carbons (Fsp3) is 0.167. The summed E-state index contributed by atoms with van der Waals surface area (Å²) < 4.78 is 5.01. The van der Waals surface area contributed by atoms with E-state index in [4.69, 9.17) is 15.6 Å². The Hall–Kier alpha value is -0.420. The Kier molecular flexibility index (Phi) is 5.06. The molecule has 3 N–H and O–H groups in total. The zero-order valence-electron chi connectivity index (χ0n) is 5.74. The lowest BCUT2D eigenvalue weighted by atomic mass is 10.5. The normalized spacial score (nSPS) is 8.73. The van der Waals surface area contributed by atoms with Crippen molar-refractivity contribution in [3.63, 3.8) is 0 Å². The van der Waals surface area contributed by atoms with E-state index in [2.05, 4.69) is 0 Å². The lowest BCUT2D eigenvalue weighted by Gasteiger charge is -1.92. The molecule has 3 nitrogen and oxygen atoms in total. The molecular weight excluding hydrogens is 228 g/mol. The van der Waals surface area contributed by atoms with E-state index in [0.717, 1.165) is 5.76 Å². The molecule has 0 aromatic carbocycles. The van der Waals surface area contributed by atoms with E-state index in [1.54, 1.807) is 6.26 Å². The number of halogens is 1. The van der Waals surface area contributed by atoms with Crippen molar-refractivity contribution < 1.29 is 4.42 Å². The molecule has 0 aliphatic heterocycles. The number of rotatable bonds is 2. The summed E-state index contributed by atoms with van der Waals surface area (Å²) in [5.74, 6) is 1.49. The fourth-order valence-electron chi connectivity index (χ4n) is 0.544. The van der Waals surface area contributed by atoms with Crippen LogP contribution in [0.4, 0.5) is 0 Å². The summed E-state index contributed by atoms with van der Waals surface area (Å²) in [5, 5.41) is 7.02. The number of hydrogen-bond donors (Lipinski definition) is 2. The van der Waals surface area contributed by atoms with Crippen molar-refractivity contribution in [1.29, 1.82) is 5.41 Å². The molecule has 5 heteroatoms. The zero-order chi connectivity index (χ0) is 7.40.